The van der Waals surface area contributed by atoms with Gasteiger partial charge in [-0.3, -0.25) is 14.9 Å². The number of hydrogen-bond acceptors (Lipinski definition) is 5. The van der Waals surface area contributed by atoms with Crippen molar-refractivity contribution in [1.29, 1.82) is 0 Å². The smallest absolute Gasteiger partial charge is 0.305 e. The van der Waals surface area contributed by atoms with Crippen LogP contribution in [-0.4, -0.2) is 24.0 Å². The maximum Gasteiger partial charge on any atom is 0.305 e. The third-order valence-electron chi connectivity index (χ3n) is 2.34. The highest BCUT2D eigenvalue weighted by molar-refractivity contribution is 14.1. The third kappa shape index (κ3) is 5.41. The Morgan fingerprint density at radius 3 is 2.84 bits per heavy atom. The number of benzene rings is 1. The van der Waals surface area contributed by atoms with Gasteiger partial charge in [0.05, 0.1) is 11.5 Å². The van der Waals surface area contributed by atoms with Crippen LogP contribution in [0.5, 0.6) is 0 Å². The zero-order valence-corrected chi connectivity index (χ0v) is 12.7. The Labute approximate surface area is 124 Å². The van der Waals surface area contributed by atoms with E-state index < -0.39 is 4.92 Å². The molecule has 0 atom stereocenters. The average Bonchev–Trinajstić information content (AvgIpc) is 2.36. The van der Waals surface area contributed by atoms with Crippen LogP contribution in [0.15, 0.2) is 18.2 Å². The minimum Gasteiger partial charge on any atom is -0.466 e. The van der Waals surface area contributed by atoms with E-state index in [1.165, 1.54) is 12.1 Å². The van der Waals surface area contributed by atoms with Crippen LogP contribution in [0, 0.1) is 13.7 Å². The molecule has 0 aromatic heterocycles. The monoisotopic (exact) mass is 378 g/mol. The lowest BCUT2D eigenvalue weighted by molar-refractivity contribution is -0.384. The summed E-state index contributed by atoms with van der Waals surface area (Å²) in [5.74, 6) is -0.206. The molecule has 0 heterocycles. The molecule has 0 aliphatic rings. The van der Waals surface area contributed by atoms with E-state index in [1.807, 2.05) is 22.6 Å². The van der Waals surface area contributed by atoms with Crippen LogP contribution in [0.2, 0.25) is 0 Å². The summed E-state index contributed by atoms with van der Waals surface area (Å²) < 4.78 is 5.60. The summed E-state index contributed by atoms with van der Waals surface area (Å²) in [5.41, 5.74) is 0.900. The Balaban J connectivity index is 2.41. The molecule has 0 unspecified atom stereocenters. The lowest BCUT2D eigenvalue weighted by Gasteiger charge is -2.08. The van der Waals surface area contributed by atoms with Gasteiger partial charge in [-0.05, 0) is 42.0 Å². The highest BCUT2D eigenvalue weighted by Gasteiger charge is 2.08. The largest absolute Gasteiger partial charge is 0.466 e. The number of carbonyl (C=O) groups is 1. The zero-order valence-electron chi connectivity index (χ0n) is 10.5. The van der Waals surface area contributed by atoms with E-state index >= 15 is 0 Å². The third-order valence-corrected chi connectivity index (χ3v) is 3.23. The second kappa shape index (κ2) is 7.93. The van der Waals surface area contributed by atoms with Gasteiger partial charge >= 0.3 is 5.97 Å². The van der Waals surface area contributed by atoms with Crippen molar-refractivity contribution in [3.63, 3.8) is 0 Å². The van der Waals surface area contributed by atoms with Crippen molar-refractivity contribution in [2.24, 2.45) is 0 Å². The Morgan fingerprint density at radius 2 is 2.26 bits per heavy atom. The summed E-state index contributed by atoms with van der Waals surface area (Å²) in [7, 11) is 0. The lowest BCUT2D eigenvalue weighted by Crippen LogP contribution is -2.08. The maximum atomic E-state index is 11.1. The van der Waals surface area contributed by atoms with Gasteiger partial charge in [0, 0.05) is 34.4 Å². The molecule has 1 aromatic carbocycles. The fraction of sp³-hybridized carbons (Fsp3) is 0.417. The second-order valence-corrected chi connectivity index (χ2v) is 4.92. The predicted octanol–water partition coefficient (Wildman–Crippen LogP) is 2.95. The molecular weight excluding hydrogens is 363 g/mol. The van der Waals surface area contributed by atoms with Crippen molar-refractivity contribution in [2.45, 2.75) is 19.8 Å². The van der Waals surface area contributed by atoms with Gasteiger partial charge in [0.25, 0.3) is 5.69 Å². The quantitative estimate of drug-likeness (QED) is 0.259. The summed E-state index contributed by atoms with van der Waals surface area (Å²) in [6, 6.07) is 4.63. The SMILES string of the molecule is CCOC(=O)CCCNc1ccc([N+](=O)[O-])cc1I. The van der Waals surface area contributed by atoms with E-state index in [-0.39, 0.29) is 11.7 Å². The minimum atomic E-state index is -0.424. The van der Waals surface area contributed by atoms with Gasteiger partial charge in [-0.1, -0.05) is 0 Å². The first-order chi connectivity index (χ1) is 9.04. The number of nitro groups is 1. The summed E-state index contributed by atoms with van der Waals surface area (Å²) >= 11 is 2.04. The molecule has 7 heteroatoms. The van der Waals surface area contributed by atoms with Gasteiger partial charge in [-0.2, -0.15) is 0 Å². The fourth-order valence-corrected chi connectivity index (χ4v) is 2.14. The number of anilines is 1. The molecule has 0 radical (unpaired) electrons. The van der Waals surface area contributed by atoms with Crippen LogP contribution < -0.4 is 5.32 Å². The summed E-state index contributed by atoms with van der Waals surface area (Å²) in [6.45, 7) is 2.79. The zero-order chi connectivity index (χ0) is 14.3. The number of carbonyl (C=O) groups excluding carboxylic acids is 1. The Morgan fingerprint density at radius 1 is 1.53 bits per heavy atom. The Kier molecular flexibility index (Phi) is 6.54. The molecule has 0 bridgehead atoms. The molecule has 0 aliphatic carbocycles. The van der Waals surface area contributed by atoms with Gasteiger partial charge in [-0.15, -0.1) is 0 Å². The molecule has 1 rings (SSSR count). The van der Waals surface area contributed by atoms with E-state index in [1.54, 1.807) is 13.0 Å². The first-order valence-corrected chi connectivity index (χ1v) is 6.96. The number of nitrogens with one attached hydrogen (secondary N) is 1. The summed E-state index contributed by atoms with van der Waals surface area (Å²) in [5, 5.41) is 13.7. The van der Waals surface area contributed by atoms with Crippen LogP contribution in [0.25, 0.3) is 0 Å². The Hall–Kier alpha value is -1.38. The molecule has 104 valence electrons. The first kappa shape index (κ1) is 15.7. The maximum absolute atomic E-state index is 11.1. The normalized spacial score (nSPS) is 10.0. The number of rotatable bonds is 7. The number of esters is 1. The predicted molar refractivity (Wildman–Crippen MR) is 80.2 cm³/mol. The second-order valence-electron chi connectivity index (χ2n) is 3.76. The summed E-state index contributed by atoms with van der Waals surface area (Å²) in [6.07, 6.45) is 1.02. The molecule has 0 saturated heterocycles. The topological polar surface area (TPSA) is 81.5 Å². The number of nitro benzene ring substituents is 1. The highest BCUT2D eigenvalue weighted by Crippen LogP contribution is 2.23. The molecule has 0 aliphatic heterocycles. The van der Waals surface area contributed by atoms with Gasteiger partial charge in [0.2, 0.25) is 0 Å². The average molecular weight is 378 g/mol. The van der Waals surface area contributed by atoms with Crippen LogP contribution >= 0.6 is 22.6 Å². The first-order valence-electron chi connectivity index (χ1n) is 5.88. The van der Waals surface area contributed by atoms with E-state index in [9.17, 15) is 14.9 Å². The highest BCUT2D eigenvalue weighted by atomic mass is 127. The number of non-ortho nitro benzene ring substituents is 1. The number of nitrogens with zero attached hydrogens (tertiary/aromatic N) is 1. The van der Waals surface area contributed by atoms with E-state index in [0.717, 1.165) is 9.26 Å². The van der Waals surface area contributed by atoms with Crippen molar-refractivity contribution in [2.75, 3.05) is 18.5 Å². The molecule has 19 heavy (non-hydrogen) atoms. The van der Waals surface area contributed by atoms with E-state index in [2.05, 4.69) is 5.32 Å². The van der Waals surface area contributed by atoms with E-state index in [0.29, 0.717) is 26.0 Å². The molecule has 0 saturated carbocycles. The minimum absolute atomic E-state index is 0.0708. The molecule has 0 spiro atoms. The summed E-state index contributed by atoms with van der Waals surface area (Å²) in [4.78, 5) is 21.3. The van der Waals surface area contributed by atoms with Gasteiger partial charge in [0.15, 0.2) is 0 Å². The standard InChI is InChI=1S/C12H15IN2O4/c1-2-19-12(16)4-3-7-14-11-6-5-9(15(17)18)8-10(11)13/h5-6,8,14H,2-4,7H2,1H3. The van der Waals surface area contributed by atoms with Gasteiger partial charge in [0.1, 0.15) is 0 Å². The number of hydrogen-bond donors (Lipinski definition) is 1. The molecule has 6 nitrogen and oxygen atoms in total. The van der Waals surface area contributed by atoms with Crippen LogP contribution in [0.3, 0.4) is 0 Å². The van der Waals surface area contributed by atoms with Crippen molar-refractivity contribution in [3.8, 4) is 0 Å². The van der Waals surface area contributed by atoms with E-state index in [4.69, 9.17) is 4.74 Å². The van der Waals surface area contributed by atoms with Crippen molar-refractivity contribution in [1.82, 2.24) is 0 Å². The molecule has 1 N–H and O–H groups in total. The van der Waals surface area contributed by atoms with Crippen molar-refractivity contribution < 1.29 is 14.5 Å². The van der Waals surface area contributed by atoms with Gasteiger partial charge < -0.3 is 10.1 Å². The van der Waals surface area contributed by atoms with Crippen molar-refractivity contribution in [3.05, 3.63) is 31.9 Å². The van der Waals surface area contributed by atoms with Crippen LogP contribution in [0.1, 0.15) is 19.8 Å². The van der Waals surface area contributed by atoms with Crippen LogP contribution in [-0.2, 0) is 9.53 Å². The van der Waals surface area contributed by atoms with Crippen molar-refractivity contribution >= 4 is 39.9 Å². The lowest BCUT2D eigenvalue weighted by atomic mass is 10.2. The molecule has 0 amide bonds. The fourth-order valence-electron chi connectivity index (χ4n) is 1.45. The number of halogens is 1. The number of ether oxygens (including phenoxy) is 1. The van der Waals surface area contributed by atoms with Crippen LogP contribution in [0.4, 0.5) is 11.4 Å². The molecule has 0 fully saturated rings. The Bertz CT molecular complexity index is 465. The molecule has 1 aromatic rings. The molecular formula is C12H15IN2O4. The van der Waals surface area contributed by atoms with Gasteiger partial charge in [-0.25, -0.2) is 0 Å².